The fourth-order valence-electron chi connectivity index (χ4n) is 0.889. The second kappa shape index (κ2) is 6.43. The molecule has 0 radical (unpaired) electrons. The van der Waals surface area contributed by atoms with Gasteiger partial charge in [0.2, 0.25) is 5.24 Å². The standard InChI is InChI=1S/C8H9ClF3NO4/c1-17-6(15)4(2-3-5(9)14)13-7(16)8(10,11)12/h4H,2-3H2,1H3,(H,13,16)/t4-/m1/s1. The van der Waals surface area contributed by atoms with Gasteiger partial charge >= 0.3 is 18.1 Å². The minimum Gasteiger partial charge on any atom is -0.467 e. The number of ether oxygens (including phenoxy) is 1. The summed E-state index contributed by atoms with van der Waals surface area (Å²) in [5, 5.41) is 0.580. The minimum atomic E-state index is -5.11. The Balaban J connectivity index is 4.55. The van der Waals surface area contributed by atoms with E-state index in [1.807, 2.05) is 0 Å². The Morgan fingerprint density at radius 3 is 2.24 bits per heavy atom. The Morgan fingerprint density at radius 2 is 1.88 bits per heavy atom. The Kier molecular flexibility index (Phi) is 5.94. The lowest BCUT2D eigenvalue weighted by atomic mass is 10.1. The molecule has 98 valence electrons. The Hall–Kier alpha value is -1.31. The molecular formula is C8H9ClF3NO4. The van der Waals surface area contributed by atoms with Crippen molar-refractivity contribution in [3.63, 3.8) is 0 Å². The van der Waals surface area contributed by atoms with Crippen molar-refractivity contribution in [2.75, 3.05) is 7.11 Å². The number of nitrogens with one attached hydrogen (secondary N) is 1. The average molecular weight is 276 g/mol. The SMILES string of the molecule is COC(=O)[C@@H](CCC(=O)Cl)NC(=O)C(F)(F)F. The second-order valence-electron chi connectivity index (χ2n) is 2.94. The lowest BCUT2D eigenvalue weighted by Gasteiger charge is -2.16. The first-order valence-electron chi connectivity index (χ1n) is 4.32. The first-order chi connectivity index (χ1) is 7.68. The van der Waals surface area contributed by atoms with Gasteiger partial charge < -0.3 is 10.1 Å². The van der Waals surface area contributed by atoms with E-state index < -0.39 is 29.3 Å². The zero-order valence-corrected chi connectivity index (χ0v) is 9.39. The first-order valence-corrected chi connectivity index (χ1v) is 4.70. The highest BCUT2D eigenvalue weighted by molar-refractivity contribution is 6.63. The number of rotatable bonds is 5. The van der Waals surface area contributed by atoms with Crippen molar-refractivity contribution in [1.29, 1.82) is 0 Å². The van der Waals surface area contributed by atoms with E-state index in [1.165, 1.54) is 5.32 Å². The van der Waals surface area contributed by atoms with Gasteiger partial charge in [-0.3, -0.25) is 9.59 Å². The number of amides is 1. The minimum absolute atomic E-state index is 0.362. The molecule has 9 heteroatoms. The number of methoxy groups -OCH3 is 1. The summed E-state index contributed by atoms with van der Waals surface area (Å²) in [6, 6.07) is -1.56. The Morgan fingerprint density at radius 1 is 1.35 bits per heavy atom. The molecule has 0 aliphatic carbocycles. The van der Waals surface area contributed by atoms with E-state index in [0.717, 1.165) is 7.11 Å². The first kappa shape index (κ1) is 15.7. The zero-order valence-electron chi connectivity index (χ0n) is 8.64. The summed E-state index contributed by atoms with van der Waals surface area (Å²) in [4.78, 5) is 32.0. The quantitative estimate of drug-likeness (QED) is 0.594. The molecule has 17 heavy (non-hydrogen) atoms. The Labute approximate surface area is 99.2 Å². The molecule has 0 bridgehead atoms. The molecule has 0 spiro atoms. The summed E-state index contributed by atoms with van der Waals surface area (Å²) in [5.41, 5.74) is 0. The topological polar surface area (TPSA) is 72.5 Å². The van der Waals surface area contributed by atoms with Crippen molar-refractivity contribution in [2.45, 2.75) is 25.1 Å². The molecule has 5 nitrogen and oxygen atoms in total. The van der Waals surface area contributed by atoms with Gasteiger partial charge in [0.25, 0.3) is 0 Å². The van der Waals surface area contributed by atoms with E-state index in [0.29, 0.717) is 0 Å². The maximum Gasteiger partial charge on any atom is 0.471 e. The molecule has 1 amide bonds. The number of alkyl halides is 3. The van der Waals surface area contributed by atoms with Crippen LogP contribution in [0, 0.1) is 0 Å². The van der Waals surface area contributed by atoms with Crippen molar-refractivity contribution in [3.8, 4) is 0 Å². The van der Waals surface area contributed by atoms with E-state index >= 15 is 0 Å². The van der Waals surface area contributed by atoms with Crippen LogP contribution in [0.1, 0.15) is 12.8 Å². The van der Waals surface area contributed by atoms with Gasteiger partial charge in [-0.1, -0.05) is 0 Å². The zero-order chi connectivity index (χ0) is 13.6. The highest BCUT2D eigenvalue weighted by Crippen LogP contribution is 2.15. The third-order valence-electron chi connectivity index (χ3n) is 1.68. The van der Waals surface area contributed by atoms with Gasteiger partial charge in [-0.25, -0.2) is 4.79 Å². The van der Waals surface area contributed by atoms with Crippen molar-refractivity contribution < 1.29 is 32.3 Å². The highest BCUT2D eigenvalue weighted by Gasteiger charge is 2.40. The van der Waals surface area contributed by atoms with E-state index in [9.17, 15) is 27.6 Å². The van der Waals surface area contributed by atoms with Crippen molar-refractivity contribution >= 4 is 28.7 Å². The van der Waals surface area contributed by atoms with Gasteiger partial charge in [0.05, 0.1) is 7.11 Å². The highest BCUT2D eigenvalue weighted by atomic mass is 35.5. The average Bonchev–Trinajstić information content (AvgIpc) is 2.20. The van der Waals surface area contributed by atoms with Crippen LogP contribution in [0.25, 0.3) is 0 Å². The summed E-state index contributed by atoms with van der Waals surface area (Å²) in [5.74, 6) is -3.37. The summed E-state index contributed by atoms with van der Waals surface area (Å²) >= 11 is 4.97. The lowest BCUT2D eigenvalue weighted by Crippen LogP contribution is -2.47. The van der Waals surface area contributed by atoms with E-state index in [1.54, 1.807) is 0 Å². The van der Waals surface area contributed by atoms with Crippen LogP contribution in [-0.4, -0.2) is 36.4 Å². The normalized spacial score (nSPS) is 12.8. The molecule has 0 saturated carbocycles. The van der Waals surface area contributed by atoms with Crippen LogP contribution in [0.15, 0.2) is 0 Å². The number of carbonyl (C=O) groups is 3. The van der Waals surface area contributed by atoms with Crippen LogP contribution in [-0.2, 0) is 19.1 Å². The summed E-state index contributed by atoms with van der Waals surface area (Å²) in [6.45, 7) is 0. The van der Waals surface area contributed by atoms with E-state index in [4.69, 9.17) is 11.6 Å². The van der Waals surface area contributed by atoms with Gasteiger partial charge in [0.1, 0.15) is 6.04 Å². The van der Waals surface area contributed by atoms with Gasteiger partial charge in [0, 0.05) is 6.42 Å². The van der Waals surface area contributed by atoms with Crippen molar-refractivity contribution in [3.05, 3.63) is 0 Å². The molecule has 0 fully saturated rings. The van der Waals surface area contributed by atoms with Crippen molar-refractivity contribution in [2.24, 2.45) is 0 Å². The maximum absolute atomic E-state index is 11.9. The number of esters is 1. The van der Waals surface area contributed by atoms with Crippen LogP contribution in [0.5, 0.6) is 0 Å². The Bertz CT molecular complexity index is 318. The summed E-state index contributed by atoms with van der Waals surface area (Å²) < 4.78 is 39.9. The molecule has 0 saturated heterocycles. The third kappa shape index (κ3) is 6.10. The monoisotopic (exact) mass is 275 g/mol. The molecule has 0 aromatic carbocycles. The molecule has 1 N–H and O–H groups in total. The fraction of sp³-hybridized carbons (Fsp3) is 0.625. The second-order valence-corrected chi connectivity index (χ2v) is 3.36. The molecule has 0 aliphatic heterocycles. The summed E-state index contributed by atoms with van der Waals surface area (Å²) in [6.07, 6.45) is -5.84. The van der Waals surface area contributed by atoms with Crippen LogP contribution < -0.4 is 5.32 Å². The van der Waals surface area contributed by atoms with Gasteiger partial charge in [-0.2, -0.15) is 13.2 Å². The maximum atomic E-state index is 11.9. The van der Waals surface area contributed by atoms with Crippen LogP contribution in [0.2, 0.25) is 0 Å². The van der Waals surface area contributed by atoms with Gasteiger partial charge in [-0.05, 0) is 18.0 Å². The number of carbonyl (C=O) groups excluding carboxylic acids is 3. The lowest BCUT2D eigenvalue weighted by molar-refractivity contribution is -0.175. The fourth-order valence-corrected chi connectivity index (χ4v) is 0.998. The van der Waals surface area contributed by atoms with Crippen LogP contribution in [0.3, 0.4) is 0 Å². The van der Waals surface area contributed by atoms with Crippen LogP contribution >= 0.6 is 11.6 Å². The molecular weight excluding hydrogens is 267 g/mol. The predicted octanol–water partition coefficient (Wildman–Crippen LogP) is 0.752. The van der Waals surface area contributed by atoms with Crippen LogP contribution in [0.4, 0.5) is 13.2 Å². The molecule has 0 aliphatic rings. The molecule has 0 aromatic rings. The van der Waals surface area contributed by atoms with Crippen molar-refractivity contribution in [1.82, 2.24) is 5.32 Å². The van der Waals surface area contributed by atoms with Gasteiger partial charge in [0.15, 0.2) is 0 Å². The number of hydrogen-bond donors (Lipinski definition) is 1. The van der Waals surface area contributed by atoms with Gasteiger partial charge in [-0.15, -0.1) is 0 Å². The summed E-state index contributed by atoms with van der Waals surface area (Å²) in [7, 11) is 0.942. The molecule has 0 heterocycles. The molecule has 0 aromatic heterocycles. The molecule has 0 unspecified atom stereocenters. The third-order valence-corrected chi connectivity index (χ3v) is 1.87. The smallest absolute Gasteiger partial charge is 0.467 e. The number of hydrogen-bond acceptors (Lipinski definition) is 4. The largest absolute Gasteiger partial charge is 0.471 e. The van der Waals surface area contributed by atoms with E-state index in [2.05, 4.69) is 4.74 Å². The number of halogens is 4. The molecule has 0 rings (SSSR count). The predicted molar refractivity (Wildman–Crippen MR) is 50.1 cm³/mol. The van der Waals surface area contributed by atoms with E-state index in [-0.39, 0.29) is 12.8 Å². The molecule has 1 atom stereocenters.